The van der Waals surface area contributed by atoms with Gasteiger partial charge in [-0.2, -0.15) is 0 Å². The number of aliphatic carboxylic acids is 1. The second-order valence-electron chi connectivity index (χ2n) is 5.46. The minimum Gasteiger partial charge on any atom is -0.481 e. The van der Waals surface area contributed by atoms with Crippen molar-refractivity contribution in [3.63, 3.8) is 0 Å². The molecule has 2 amide bonds. The first-order valence-electron chi connectivity index (χ1n) is 6.83. The largest absolute Gasteiger partial charge is 0.481 e. The van der Waals surface area contributed by atoms with E-state index in [1.54, 1.807) is 0 Å². The summed E-state index contributed by atoms with van der Waals surface area (Å²) in [5.74, 6) is -1.11. The fourth-order valence-electron chi connectivity index (χ4n) is 2.63. The molecule has 2 rings (SSSR count). The van der Waals surface area contributed by atoms with Gasteiger partial charge in [-0.1, -0.05) is 17.7 Å². The van der Waals surface area contributed by atoms with Crippen LogP contribution in [0.1, 0.15) is 30.4 Å². The predicted molar refractivity (Wildman–Crippen MR) is 76.8 cm³/mol. The Morgan fingerprint density at radius 3 is 2.60 bits per heavy atom. The number of amides is 2. The molecule has 0 saturated heterocycles. The van der Waals surface area contributed by atoms with Crippen LogP contribution in [-0.2, 0) is 4.79 Å². The Morgan fingerprint density at radius 2 is 2.00 bits per heavy atom. The van der Waals surface area contributed by atoms with Crippen LogP contribution >= 0.6 is 0 Å². The molecule has 0 radical (unpaired) electrons. The topological polar surface area (TPSA) is 78.4 Å². The van der Waals surface area contributed by atoms with Crippen molar-refractivity contribution in [2.24, 2.45) is 5.92 Å². The lowest BCUT2D eigenvalue weighted by molar-refractivity contribution is -0.141. The Bertz CT molecular complexity index is 528. The molecule has 1 saturated carbocycles. The summed E-state index contributed by atoms with van der Waals surface area (Å²) in [4.78, 5) is 22.8. The zero-order chi connectivity index (χ0) is 14.7. The van der Waals surface area contributed by atoms with Crippen LogP contribution in [0.5, 0.6) is 0 Å². The van der Waals surface area contributed by atoms with Crippen LogP contribution < -0.4 is 10.6 Å². The van der Waals surface area contributed by atoms with Crippen molar-refractivity contribution in [1.82, 2.24) is 5.32 Å². The van der Waals surface area contributed by atoms with Gasteiger partial charge in [0.2, 0.25) is 0 Å². The fraction of sp³-hybridized carbons (Fsp3) is 0.467. The van der Waals surface area contributed by atoms with E-state index in [0.29, 0.717) is 12.8 Å². The summed E-state index contributed by atoms with van der Waals surface area (Å²) in [5, 5.41) is 14.6. The monoisotopic (exact) mass is 276 g/mol. The second kappa shape index (κ2) is 5.94. The van der Waals surface area contributed by atoms with Crippen LogP contribution in [0.3, 0.4) is 0 Å². The summed E-state index contributed by atoms with van der Waals surface area (Å²) >= 11 is 0. The molecule has 20 heavy (non-hydrogen) atoms. The van der Waals surface area contributed by atoms with E-state index in [9.17, 15) is 9.59 Å². The number of carboxylic acid groups (broad SMARTS) is 1. The number of anilines is 1. The maximum atomic E-state index is 11.9. The molecule has 2 atom stereocenters. The van der Waals surface area contributed by atoms with Crippen molar-refractivity contribution in [3.05, 3.63) is 29.3 Å². The molecule has 1 aliphatic rings. The van der Waals surface area contributed by atoms with Crippen LogP contribution in [0.25, 0.3) is 0 Å². The highest BCUT2D eigenvalue weighted by atomic mass is 16.4. The molecule has 5 heteroatoms. The standard InChI is InChI=1S/C15H20N2O3/c1-9-3-6-13(10(2)7-9)17-15(20)16-12-5-4-11(8-12)14(18)19/h3,6-7,11-12H,4-5,8H2,1-2H3,(H,18,19)(H2,16,17,20). The maximum absolute atomic E-state index is 11.9. The Balaban J connectivity index is 1.88. The van der Waals surface area contributed by atoms with Gasteiger partial charge in [0.05, 0.1) is 5.92 Å². The van der Waals surface area contributed by atoms with Gasteiger partial charge in [-0.25, -0.2) is 4.79 Å². The molecule has 0 heterocycles. The molecule has 3 N–H and O–H groups in total. The van der Waals surface area contributed by atoms with Crippen LogP contribution in [0.2, 0.25) is 0 Å². The van der Waals surface area contributed by atoms with E-state index in [2.05, 4.69) is 10.6 Å². The number of hydrogen-bond donors (Lipinski definition) is 3. The summed E-state index contributed by atoms with van der Waals surface area (Å²) < 4.78 is 0. The number of carbonyl (C=O) groups excluding carboxylic acids is 1. The average Bonchev–Trinajstić information content (AvgIpc) is 2.81. The molecule has 0 bridgehead atoms. The summed E-state index contributed by atoms with van der Waals surface area (Å²) in [5.41, 5.74) is 2.93. The van der Waals surface area contributed by atoms with E-state index in [-0.39, 0.29) is 18.0 Å². The SMILES string of the molecule is Cc1ccc(NC(=O)NC2CCC(C(=O)O)C2)c(C)c1. The highest BCUT2D eigenvalue weighted by Gasteiger charge is 2.30. The van der Waals surface area contributed by atoms with Gasteiger partial charge in [0, 0.05) is 11.7 Å². The Morgan fingerprint density at radius 1 is 1.25 bits per heavy atom. The second-order valence-corrected chi connectivity index (χ2v) is 5.46. The molecule has 1 aromatic carbocycles. The van der Waals surface area contributed by atoms with E-state index in [0.717, 1.165) is 23.2 Å². The molecule has 0 aromatic heterocycles. The van der Waals surface area contributed by atoms with Crippen molar-refractivity contribution in [1.29, 1.82) is 0 Å². The van der Waals surface area contributed by atoms with E-state index < -0.39 is 5.97 Å². The van der Waals surface area contributed by atoms with Crippen LogP contribution in [0, 0.1) is 19.8 Å². The molecule has 108 valence electrons. The maximum Gasteiger partial charge on any atom is 0.319 e. The number of carboxylic acids is 1. The lowest BCUT2D eigenvalue weighted by Gasteiger charge is -2.14. The highest BCUT2D eigenvalue weighted by molar-refractivity contribution is 5.90. The molecule has 0 spiro atoms. The van der Waals surface area contributed by atoms with Gasteiger partial charge in [-0.15, -0.1) is 0 Å². The number of carbonyl (C=O) groups is 2. The first-order chi connectivity index (χ1) is 9.45. The van der Waals surface area contributed by atoms with Gasteiger partial charge < -0.3 is 15.7 Å². The summed E-state index contributed by atoms with van der Waals surface area (Å²) in [7, 11) is 0. The van der Waals surface area contributed by atoms with Crippen LogP contribution in [0.4, 0.5) is 10.5 Å². The zero-order valence-electron chi connectivity index (χ0n) is 11.8. The molecule has 1 aliphatic carbocycles. The molecule has 5 nitrogen and oxygen atoms in total. The number of hydrogen-bond acceptors (Lipinski definition) is 2. The zero-order valence-corrected chi connectivity index (χ0v) is 11.8. The third-order valence-electron chi connectivity index (χ3n) is 3.75. The van der Waals surface area contributed by atoms with Gasteiger partial charge in [0.15, 0.2) is 0 Å². The van der Waals surface area contributed by atoms with Gasteiger partial charge in [0.25, 0.3) is 0 Å². The molecular formula is C15H20N2O3. The summed E-state index contributed by atoms with van der Waals surface area (Å²) in [6, 6.07) is 5.50. The van der Waals surface area contributed by atoms with E-state index >= 15 is 0 Å². The quantitative estimate of drug-likeness (QED) is 0.794. The normalized spacial score (nSPS) is 21.5. The molecule has 1 fully saturated rings. The van der Waals surface area contributed by atoms with Crippen molar-refractivity contribution in [2.45, 2.75) is 39.2 Å². The summed E-state index contributed by atoms with van der Waals surface area (Å²) in [6.07, 6.45) is 1.86. The Kier molecular flexibility index (Phi) is 4.27. The lowest BCUT2D eigenvalue weighted by Crippen LogP contribution is -2.36. The highest BCUT2D eigenvalue weighted by Crippen LogP contribution is 2.25. The lowest BCUT2D eigenvalue weighted by atomic mass is 10.1. The first-order valence-corrected chi connectivity index (χ1v) is 6.83. The van der Waals surface area contributed by atoms with Crippen molar-refractivity contribution >= 4 is 17.7 Å². The number of rotatable bonds is 3. The average molecular weight is 276 g/mol. The minimum atomic E-state index is -0.774. The van der Waals surface area contributed by atoms with Crippen molar-refractivity contribution in [2.75, 3.05) is 5.32 Å². The van der Waals surface area contributed by atoms with Gasteiger partial charge in [-0.05, 0) is 44.7 Å². The van der Waals surface area contributed by atoms with Crippen molar-refractivity contribution < 1.29 is 14.7 Å². The third-order valence-corrected chi connectivity index (χ3v) is 3.75. The van der Waals surface area contributed by atoms with Gasteiger partial charge >= 0.3 is 12.0 Å². The Hall–Kier alpha value is -2.04. The van der Waals surface area contributed by atoms with Crippen LogP contribution in [0.15, 0.2) is 18.2 Å². The third kappa shape index (κ3) is 3.50. The smallest absolute Gasteiger partial charge is 0.319 e. The minimum absolute atomic E-state index is 0.0538. The van der Waals surface area contributed by atoms with Crippen LogP contribution in [-0.4, -0.2) is 23.1 Å². The number of aryl methyl sites for hydroxylation is 2. The van der Waals surface area contributed by atoms with E-state index in [1.165, 1.54) is 0 Å². The molecule has 1 aromatic rings. The predicted octanol–water partition coefficient (Wildman–Crippen LogP) is 2.68. The molecule has 2 unspecified atom stereocenters. The van der Waals surface area contributed by atoms with Crippen molar-refractivity contribution in [3.8, 4) is 0 Å². The van der Waals surface area contributed by atoms with Gasteiger partial charge in [-0.3, -0.25) is 4.79 Å². The van der Waals surface area contributed by atoms with E-state index in [4.69, 9.17) is 5.11 Å². The summed E-state index contributed by atoms with van der Waals surface area (Å²) in [6.45, 7) is 3.94. The Labute approximate surface area is 118 Å². The molecular weight excluding hydrogens is 256 g/mol. The number of urea groups is 1. The van der Waals surface area contributed by atoms with Gasteiger partial charge in [0.1, 0.15) is 0 Å². The number of benzene rings is 1. The van der Waals surface area contributed by atoms with E-state index in [1.807, 2.05) is 32.0 Å². The number of nitrogens with one attached hydrogen (secondary N) is 2. The fourth-order valence-corrected chi connectivity index (χ4v) is 2.63. The molecule has 0 aliphatic heterocycles. The first kappa shape index (κ1) is 14.4.